The summed E-state index contributed by atoms with van der Waals surface area (Å²) in [6.45, 7) is 7.56. The first-order chi connectivity index (χ1) is 11.2. The van der Waals surface area contributed by atoms with E-state index in [1.165, 1.54) is 0 Å². The van der Waals surface area contributed by atoms with Gasteiger partial charge in [0, 0.05) is 25.2 Å². The van der Waals surface area contributed by atoms with E-state index in [-0.39, 0.29) is 12.0 Å². The molecule has 126 valence electrons. The zero-order valence-electron chi connectivity index (χ0n) is 13.5. The predicted molar refractivity (Wildman–Crippen MR) is 90.8 cm³/mol. The van der Waals surface area contributed by atoms with Crippen molar-refractivity contribution in [3.05, 3.63) is 42.5 Å². The van der Waals surface area contributed by atoms with Crippen LogP contribution < -0.4 is 10.1 Å². The average molecular weight is 318 g/mol. The summed E-state index contributed by atoms with van der Waals surface area (Å²) >= 11 is 0. The molecule has 1 aromatic rings. The molecule has 1 fully saturated rings. The molecule has 0 spiro atoms. The van der Waals surface area contributed by atoms with Crippen molar-refractivity contribution in [1.29, 1.82) is 0 Å². The van der Waals surface area contributed by atoms with Gasteiger partial charge < -0.3 is 20.1 Å². The Morgan fingerprint density at radius 1 is 1.35 bits per heavy atom. The Kier molecular flexibility index (Phi) is 7.10. The van der Waals surface area contributed by atoms with Gasteiger partial charge in [-0.3, -0.25) is 4.79 Å². The molecule has 0 saturated carbocycles. The minimum Gasteiger partial charge on any atom is -0.490 e. The maximum atomic E-state index is 12.0. The van der Waals surface area contributed by atoms with Gasteiger partial charge in [-0.1, -0.05) is 12.7 Å². The van der Waals surface area contributed by atoms with Crippen molar-refractivity contribution in [1.82, 2.24) is 10.2 Å². The number of carbonyl (C=O) groups is 1. The number of amides is 1. The SMILES string of the molecule is C=CCOc1ccc(C(=O)NCCCN2CCC(O)CC2)cc1. The molecule has 23 heavy (non-hydrogen) atoms. The molecule has 2 rings (SSSR count). The van der Waals surface area contributed by atoms with Gasteiger partial charge in [-0.2, -0.15) is 0 Å². The zero-order chi connectivity index (χ0) is 16.5. The van der Waals surface area contributed by atoms with Crippen LogP contribution in [0.4, 0.5) is 0 Å². The van der Waals surface area contributed by atoms with Crippen LogP contribution in [0.1, 0.15) is 29.6 Å². The summed E-state index contributed by atoms with van der Waals surface area (Å²) in [5.74, 6) is 0.670. The van der Waals surface area contributed by atoms with E-state index in [9.17, 15) is 9.90 Å². The topological polar surface area (TPSA) is 61.8 Å². The van der Waals surface area contributed by atoms with Gasteiger partial charge in [0.05, 0.1) is 6.10 Å². The summed E-state index contributed by atoms with van der Waals surface area (Å²) in [6.07, 6.45) is 4.18. The Morgan fingerprint density at radius 2 is 2.04 bits per heavy atom. The molecule has 5 nitrogen and oxygen atoms in total. The number of benzene rings is 1. The highest BCUT2D eigenvalue weighted by Gasteiger charge is 2.16. The monoisotopic (exact) mass is 318 g/mol. The third kappa shape index (κ3) is 6.04. The molecule has 2 N–H and O–H groups in total. The van der Waals surface area contributed by atoms with Gasteiger partial charge in [0.25, 0.3) is 5.91 Å². The van der Waals surface area contributed by atoms with E-state index < -0.39 is 0 Å². The number of hydrogen-bond acceptors (Lipinski definition) is 4. The number of rotatable bonds is 8. The highest BCUT2D eigenvalue weighted by molar-refractivity contribution is 5.94. The number of aliphatic hydroxyl groups excluding tert-OH is 1. The second-order valence-electron chi connectivity index (χ2n) is 5.81. The molecule has 1 aromatic carbocycles. The van der Waals surface area contributed by atoms with Crippen molar-refractivity contribution < 1.29 is 14.6 Å². The lowest BCUT2D eigenvalue weighted by molar-refractivity contribution is 0.0816. The van der Waals surface area contributed by atoms with E-state index in [0.717, 1.165) is 44.6 Å². The van der Waals surface area contributed by atoms with E-state index in [1.807, 2.05) is 0 Å². The van der Waals surface area contributed by atoms with Crippen LogP contribution in [0.3, 0.4) is 0 Å². The minimum absolute atomic E-state index is 0.0608. The van der Waals surface area contributed by atoms with Crippen molar-refractivity contribution in [2.45, 2.75) is 25.4 Å². The first kappa shape index (κ1) is 17.5. The molecular weight excluding hydrogens is 292 g/mol. The third-order valence-corrected chi connectivity index (χ3v) is 3.98. The molecule has 0 aromatic heterocycles. The maximum absolute atomic E-state index is 12.0. The van der Waals surface area contributed by atoms with Gasteiger partial charge in [0.1, 0.15) is 12.4 Å². The Bertz CT molecular complexity index is 493. The Hall–Kier alpha value is -1.85. The number of likely N-dealkylation sites (tertiary alicyclic amines) is 1. The minimum atomic E-state index is -0.135. The van der Waals surface area contributed by atoms with E-state index >= 15 is 0 Å². The van der Waals surface area contributed by atoms with Gasteiger partial charge in [0.15, 0.2) is 0 Å². The van der Waals surface area contributed by atoms with Crippen LogP contribution >= 0.6 is 0 Å². The zero-order valence-corrected chi connectivity index (χ0v) is 13.5. The van der Waals surface area contributed by atoms with Crippen molar-refractivity contribution in [3.8, 4) is 5.75 Å². The number of aliphatic hydroxyl groups is 1. The third-order valence-electron chi connectivity index (χ3n) is 3.98. The van der Waals surface area contributed by atoms with E-state index in [0.29, 0.717) is 18.7 Å². The van der Waals surface area contributed by atoms with Crippen molar-refractivity contribution in [3.63, 3.8) is 0 Å². The molecule has 0 aliphatic carbocycles. The lowest BCUT2D eigenvalue weighted by atomic mass is 10.1. The van der Waals surface area contributed by atoms with Gasteiger partial charge in [0.2, 0.25) is 0 Å². The predicted octanol–water partition coefficient (Wildman–Crippen LogP) is 1.83. The molecule has 0 unspecified atom stereocenters. The number of carbonyl (C=O) groups excluding carboxylic acids is 1. The summed E-state index contributed by atoms with van der Waals surface area (Å²) in [6, 6.07) is 7.11. The van der Waals surface area contributed by atoms with Gasteiger partial charge in [-0.05, 0) is 50.1 Å². The summed E-state index contributed by atoms with van der Waals surface area (Å²) in [5.41, 5.74) is 0.636. The van der Waals surface area contributed by atoms with Crippen LogP contribution in [0, 0.1) is 0 Å². The van der Waals surface area contributed by atoms with Crippen molar-refractivity contribution >= 4 is 5.91 Å². The fraction of sp³-hybridized carbons (Fsp3) is 0.500. The van der Waals surface area contributed by atoms with Crippen LogP contribution in [-0.2, 0) is 0 Å². The standard InChI is InChI=1S/C18H26N2O3/c1-2-14-23-17-6-4-15(5-7-17)18(22)19-10-3-11-20-12-8-16(21)9-13-20/h2,4-7,16,21H,1,3,8-14H2,(H,19,22). The van der Waals surface area contributed by atoms with Crippen molar-refractivity contribution in [2.24, 2.45) is 0 Å². The second-order valence-corrected chi connectivity index (χ2v) is 5.81. The Balaban J connectivity index is 1.65. The molecule has 5 heteroatoms. The number of ether oxygens (including phenoxy) is 1. The molecule has 1 amide bonds. The van der Waals surface area contributed by atoms with E-state index in [1.54, 1.807) is 30.3 Å². The van der Waals surface area contributed by atoms with Gasteiger partial charge >= 0.3 is 0 Å². The second kappa shape index (κ2) is 9.33. The summed E-state index contributed by atoms with van der Waals surface area (Å²) < 4.78 is 5.39. The molecule has 0 bridgehead atoms. The lowest BCUT2D eigenvalue weighted by Gasteiger charge is -2.29. The fourth-order valence-electron chi connectivity index (χ4n) is 2.61. The highest BCUT2D eigenvalue weighted by atomic mass is 16.5. The van der Waals surface area contributed by atoms with Gasteiger partial charge in [-0.15, -0.1) is 0 Å². The smallest absolute Gasteiger partial charge is 0.251 e. The fourth-order valence-corrected chi connectivity index (χ4v) is 2.61. The van der Waals surface area contributed by atoms with Gasteiger partial charge in [-0.25, -0.2) is 0 Å². The van der Waals surface area contributed by atoms with E-state index in [4.69, 9.17) is 4.74 Å². The van der Waals surface area contributed by atoms with Crippen LogP contribution in [-0.4, -0.2) is 54.8 Å². The average Bonchev–Trinajstić information content (AvgIpc) is 2.58. The number of piperidine rings is 1. The quantitative estimate of drug-likeness (QED) is 0.567. The lowest BCUT2D eigenvalue weighted by Crippen LogP contribution is -2.37. The molecule has 1 saturated heterocycles. The summed E-state index contributed by atoms with van der Waals surface area (Å²) in [4.78, 5) is 14.4. The Labute approximate surface area is 137 Å². The van der Waals surface area contributed by atoms with Crippen LogP contribution in [0.5, 0.6) is 5.75 Å². The Morgan fingerprint density at radius 3 is 2.70 bits per heavy atom. The van der Waals surface area contributed by atoms with Crippen LogP contribution in [0.25, 0.3) is 0 Å². The van der Waals surface area contributed by atoms with E-state index in [2.05, 4.69) is 16.8 Å². The molecule has 1 heterocycles. The maximum Gasteiger partial charge on any atom is 0.251 e. The number of hydrogen-bond donors (Lipinski definition) is 2. The van der Waals surface area contributed by atoms with Crippen LogP contribution in [0.15, 0.2) is 36.9 Å². The molecule has 1 aliphatic rings. The summed E-state index contributed by atoms with van der Waals surface area (Å²) in [7, 11) is 0. The molecule has 1 aliphatic heterocycles. The first-order valence-electron chi connectivity index (χ1n) is 8.21. The number of nitrogens with one attached hydrogen (secondary N) is 1. The highest BCUT2D eigenvalue weighted by Crippen LogP contribution is 2.12. The summed E-state index contributed by atoms with van der Waals surface area (Å²) in [5, 5.41) is 12.4. The molecule has 0 atom stereocenters. The molecule has 0 radical (unpaired) electrons. The largest absolute Gasteiger partial charge is 0.490 e. The van der Waals surface area contributed by atoms with Crippen molar-refractivity contribution in [2.75, 3.05) is 32.8 Å². The molecular formula is C18H26N2O3. The number of nitrogens with zero attached hydrogens (tertiary/aromatic N) is 1. The normalized spacial score (nSPS) is 16.0. The first-order valence-corrected chi connectivity index (χ1v) is 8.21. The van der Waals surface area contributed by atoms with Crippen LogP contribution in [0.2, 0.25) is 0 Å².